The highest BCUT2D eigenvalue weighted by Gasteiger charge is 2.16. The van der Waals surface area contributed by atoms with E-state index >= 15 is 0 Å². The van der Waals surface area contributed by atoms with Crippen LogP contribution in [0.25, 0.3) is 10.9 Å². The summed E-state index contributed by atoms with van der Waals surface area (Å²) in [5.74, 6) is -0.478. The molecule has 0 aliphatic rings. The predicted octanol–water partition coefficient (Wildman–Crippen LogP) is 4.89. The lowest BCUT2D eigenvalue weighted by atomic mass is 10.1. The van der Waals surface area contributed by atoms with Crippen LogP contribution < -0.4 is 10.7 Å². The fourth-order valence-electron chi connectivity index (χ4n) is 2.71. The zero-order valence-corrected chi connectivity index (χ0v) is 15.3. The maximum Gasteiger partial charge on any atom is 0.261 e. The van der Waals surface area contributed by atoms with Gasteiger partial charge in [0.25, 0.3) is 5.91 Å². The number of nitrogens with zero attached hydrogens (tertiary/aromatic N) is 1. The number of hydrogen-bond donors (Lipinski definition) is 1. The molecule has 0 saturated heterocycles. The molecule has 0 saturated carbocycles. The standard InChI is InChI=1S/C19H16Cl2N2O2/c1-3-23-10-14(18(24)13-8-11(2)4-7-17(13)23)19(25)22-12-5-6-15(20)16(21)9-12/h4-10H,3H2,1-2H3,(H,22,25). The first-order chi connectivity index (χ1) is 11.9. The number of aromatic nitrogens is 1. The number of nitrogens with one attached hydrogen (secondary N) is 1. The molecule has 0 aliphatic carbocycles. The second-order valence-electron chi connectivity index (χ2n) is 5.76. The summed E-state index contributed by atoms with van der Waals surface area (Å²) >= 11 is 11.8. The minimum Gasteiger partial charge on any atom is -0.347 e. The maximum absolute atomic E-state index is 12.8. The van der Waals surface area contributed by atoms with Gasteiger partial charge in [0.15, 0.2) is 0 Å². The summed E-state index contributed by atoms with van der Waals surface area (Å²) in [4.78, 5) is 25.4. The molecular weight excluding hydrogens is 359 g/mol. The number of aryl methyl sites for hydroxylation is 2. The van der Waals surface area contributed by atoms with E-state index < -0.39 is 5.91 Å². The molecule has 0 aliphatic heterocycles. The number of benzene rings is 2. The first-order valence-corrected chi connectivity index (χ1v) is 8.56. The molecule has 0 spiro atoms. The van der Waals surface area contributed by atoms with Crippen LogP contribution in [0.15, 0.2) is 47.4 Å². The van der Waals surface area contributed by atoms with Gasteiger partial charge in [0, 0.05) is 23.8 Å². The zero-order valence-electron chi connectivity index (χ0n) is 13.8. The van der Waals surface area contributed by atoms with Gasteiger partial charge in [-0.1, -0.05) is 34.8 Å². The number of carbonyl (C=O) groups is 1. The molecular formula is C19H16Cl2N2O2. The Bertz CT molecular complexity index is 1040. The molecule has 3 rings (SSSR count). The Morgan fingerprint density at radius 3 is 2.56 bits per heavy atom. The lowest BCUT2D eigenvalue weighted by molar-refractivity contribution is 0.102. The van der Waals surface area contributed by atoms with E-state index in [0.29, 0.717) is 27.7 Å². The van der Waals surface area contributed by atoms with Crippen molar-refractivity contribution in [3.63, 3.8) is 0 Å². The third-order valence-corrected chi connectivity index (χ3v) is 4.74. The summed E-state index contributed by atoms with van der Waals surface area (Å²) in [6.45, 7) is 4.52. The fraction of sp³-hybridized carbons (Fsp3) is 0.158. The molecule has 1 N–H and O–H groups in total. The number of rotatable bonds is 3. The Morgan fingerprint density at radius 2 is 1.88 bits per heavy atom. The van der Waals surface area contributed by atoms with E-state index in [4.69, 9.17) is 23.2 Å². The van der Waals surface area contributed by atoms with Crippen molar-refractivity contribution in [3.05, 3.63) is 74.0 Å². The summed E-state index contributed by atoms with van der Waals surface area (Å²) in [5.41, 5.74) is 2.05. The Hall–Kier alpha value is -2.30. The average Bonchev–Trinajstić information content (AvgIpc) is 2.59. The minimum absolute atomic E-state index is 0.0889. The molecule has 1 aromatic heterocycles. The lowest BCUT2D eigenvalue weighted by Gasteiger charge is -2.12. The number of carbonyl (C=O) groups excluding carboxylic acids is 1. The number of halogens is 2. The van der Waals surface area contributed by atoms with Crippen molar-refractivity contribution >= 4 is 45.7 Å². The largest absolute Gasteiger partial charge is 0.347 e. The van der Waals surface area contributed by atoms with Crippen LogP contribution in [-0.2, 0) is 6.54 Å². The Morgan fingerprint density at radius 1 is 1.12 bits per heavy atom. The number of amides is 1. The van der Waals surface area contributed by atoms with E-state index in [2.05, 4.69) is 5.32 Å². The van der Waals surface area contributed by atoms with Crippen LogP contribution in [0.3, 0.4) is 0 Å². The van der Waals surface area contributed by atoms with Crippen molar-refractivity contribution in [2.24, 2.45) is 0 Å². The molecule has 128 valence electrons. The molecule has 25 heavy (non-hydrogen) atoms. The third kappa shape index (κ3) is 3.41. The van der Waals surface area contributed by atoms with Crippen LogP contribution in [0.5, 0.6) is 0 Å². The number of fused-ring (bicyclic) bond motifs is 1. The molecule has 2 aromatic carbocycles. The van der Waals surface area contributed by atoms with Crippen molar-refractivity contribution in [1.29, 1.82) is 0 Å². The van der Waals surface area contributed by atoms with Crippen molar-refractivity contribution in [3.8, 4) is 0 Å². The predicted molar refractivity (Wildman–Crippen MR) is 103 cm³/mol. The van der Waals surface area contributed by atoms with E-state index in [1.54, 1.807) is 30.5 Å². The second-order valence-corrected chi connectivity index (χ2v) is 6.58. The smallest absolute Gasteiger partial charge is 0.261 e. The van der Waals surface area contributed by atoms with Crippen LogP contribution >= 0.6 is 23.2 Å². The van der Waals surface area contributed by atoms with E-state index in [9.17, 15) is 9.59 Å². The first-order valence-electron chi connectivity index (χ1n) is 7.81. The molecule has 0 bridgehead atoms. The van der Waals surface area contributed by atoms with Gasteiger partial charge in [-0.15, -0.1) is 0 Å². The van der Waals surface area contributed by atoms with Crippen LogP contribution in [0.2, 0.25) is 10.0 Å². The topological polar surface area (TPSA) is 51.1 Å². The third-order valence-electron chi connectivity index (χ3n) is 4.00. The quantitative estimate of drug-likeness (QED) is 0.709. The monoisotopic (exact) mass is 374 g/mol. The Kier molecular flexibility index (Phi) is 4.84. The van der Waals surface area contributed by atoms with Crippen molar-refractivity contribution in [1.82, 2.24) is 4.57 Å². The van der Waals surface area contributed by atoms with Gasteiger partial charge in [-0.25, -0.2) is 0 Å². The number of anilines is 1. The summed E-state index contributed by atoms with van der Waals surface area (Å²) in [6, 6.07) is 10.4. The molecule has 6 heteroatoms. The minimum atomic E-state index is -0.478. The van der Waals surface area contributed by atoms with Crippen LogP contribution in [0.4, 0.5) is 5.69 Å². The van der Waals surface area contributed by atoms with Gasteiger partial charge in [-0.05, 0) is 44.2 Å². The van der Waals surface area contributed by atoms with Crippen molar-refractivity contribution in [2.75, 3.05) is 5.32 Å². The van der Waals surface area contributed by atoms with E-state index in [-0.39, 0.29) is 11.0 Å². The van der Waals surface area contributed by atoms with Crippen molar-refractivity contribution in [2.45, 2.75) is 20.4 Å². The molecule has 4 nitrogen and oxygen atoms in total. The molecule has 0 radical (unpaired) electrons. The molecule has 1 amide bonds. The van der Waals surface area contributed by atoms with Crippen LogP contribution in [0.1, 0.15) is 22.8 Å². The van der Waals surface area contributed by atoms with Crippen molar-refractivity contribution < 1.29 is 4.79 Å². The summed E-state index contributed by atoms with van der Waals surface area (Å²) in [7, 11) is 0. The number of hydrogen-bond acceptors (Lipinski definition) is 2. The molecule has 0 unspecified atom stereocenters. The molecule has 0 atom stereocenters. The average molecular weight is 375 g/mol. The highest BCUT2D eigenvalue weighted by molar-refractivity contribution is 6.42. The summed E-state index contributed by atoms with van der Waals surface area (Å²) in [5, 5.41) is 3.96. The number of pyridine rings is 1. The summed E-state index contributed by atoms with van der Waals surface area (Å²) in [6.07, 6.45) is 1.59. The normalized spacial score (nSPS) is 10.9. The summed E-state index contributed by atoms with van der Waals surface area (Å²) < 4.78 is 1.89. The van der Waals surface area contributed by atoms with Gasteiger partial charge in [0.1, 0.15) is 5.56 Å². The van der Waals surface area contributed by atoms with E-state index in [1.807, 2.05) is 30.5 Å². The van der Waals surface area contributed by atoms with Gasteiger partial charge < -0.3 is 9.88 Å². The van der Waals surface area contributed by atoms with E-state index in [1.165, 1.54) is 0 Å². The molecule has 1 heterocycles. The van der Waals surface area contributed by atoms with Gasteiger partial charge in [-0.2, -0.15) is 0 Å². The van der Waals surface area contributed by atoms with Crippen LogP contribution in [-0.4, -0.2) is 10.5 Å². The van der Waals surface area contributed by atoms with Gasteiger partial charge in [0.2, 0.25) is 5.43 Å². The Labute approximate surface area is 155 Å². The van der Waals surface area contributed by atoms with E-state index in [0.717, 1.165) is 11.1 Å². The highest BCUT2D eigenvalue weighted by atomic mass is 35.5. The maximum atomic E-state index is 12.8. The van der Waals surface area contributed by atoms with Gasteiger partial charge in [-0.3, -0.25) is 9.59 Å². The zero-order chi connectivity index (χ0) is 18.1. The molecule has 3 aromatic rings. The second kappa shape index (κ2) is 6.90. The van der Waals surface area contributed by atoms with Crippen LogP contribution in [0, 0.1) is 6.92 Å². The molecule has 0 fully saturated rings. The lowest BCUT2D eigenvalue weighted by Crippen LogP contribution is -2.24. The highest BCUT2D eigenvalue weighted by Crippen LogP contribution is 2.25. The first kappa shape index (κ1) is 17.5. The van der Waals surface area contributed by atoms with Gasteiger partial charge in [0.05, 0.1) is 15.6 Å². The fourth-order valence-corrected chi connectivity index (χ4v) is 3.01. The Balaban J connectivity index is 2.08. The SMILES string of the molecule is CCn1cc(C(=O)Nc2ccc(Cl)c(Cl)c2)c(=O)c2cc(C)ccc21. The van der Waals surface area contributed by atoms with Gasteiger partial charge >= 0.3 is 0 Å².